The number of esters is 1. The summed E-state index contributed by atoms with van der Waals surface area (Å²) in [7, 11) is 1.26. The molecule has 21 heavy (non-hydrogen) atoms. The summed E-state index contributed by atoms with van der Waals surface area (Å²) >= 11 is 4.23. The Bertz CT molecular complexity index is 685. The van der Waals surface area contributed by atoms with Crippen LogP contribution in [0.4, 0.5) is 0 Å². The smallest absolute Gasteiger partial charge is 0.321 e. The molecule has 1 atom stereocenters. The molecular formula is C16H15NO3S. The van der Waals surface area contributed by atoms with Crippen molar-refractivity contribution in [3.8, 4) is 0 Å². The number of Topliss-reactive ketones (excluding diaryl/α,β-unsaturated/α-hetero) is 1. The van der Waals surface area contributed by atoms with Gasteiger partial charge in [0.25, 0.3) is 0 Å². The van der Waals surface area contributed by atoms with Crippen LogP contribution in [0.1, 0.15) is 27.5 Å². The number of aromatic nitrogens is 1. The first-order chi connectivity index (χ1) is 10.1. The van der Waals surface area contributed by atoms with E-state index >= 15 is 0 Å². The fourth-order valence-electron chi connectivity index (χ4n) is 2.13. The second kappa shape index (κ2) is 6.54. The summed E-state index contributed by atoms with van der Waals surface area (Å²) in [5, 5.41) is 0. The van der Waals surface area contributed by atoms with Gasteiger partial charge in [0, 0.05) is 11.1 Å². The number of pyridine rings is 1. The van der Waals surface area contributed by atoms with Crippen molar-refractivity contribution in [3.05, 3.63) is 59.4 Å². The molecule has 0 N–H and O–H groups in total. The van der Waals surface area contributed by atoms with Crippen molar-refractivity contribution in [2.45, 2.75) is 17.7 Å². The van der Waals surface area contributed by atoms with Gasteiger partial charge in [-0.15, -0.1) is 12.6 Å². The van der Waals surface area contributed by atoms with Crippen molar-refractivity contribution >= 4 is 24.4 Å². The Morgan fingerprint density at radius 3 is 2.52 bits per heavy atom. The molecule has 0 aliphatic carbocycles. The van der Waals surface area contributed by atoms with Crippen molar-refractivity contribution in [2.24, 2.45) is 0 Å². The Balaban J connectivity index is 2.52. The van der Waals surface area contributed by atoms with Gasteiger partial charge in [0.15, 0.2) is 0 Å². The number of benzene rings is 1. The minimum atomic E-state index is -1.03. The van der Waals surface area contributed by atoms with Crippen molar-refractivity contribution < 1.29 is 14.3 Å². The van der Waals surface area contributed by atoms with Crippen LogP contribution >= 0.6 is 12.6 Å². The molecule has 0 bridgehead atoms. The van der Waals surface area contributed by atoms with Gasteiger partial charge in [-0.1, -0.05) is 24.3 Å². The number of hydrogen-bond acceptors (Lipinski definition) is 5. The fraction of sp³-hybridized carbons (Fsp3) is 0.188. The lowest BCUT2D eigenvalue weighted by Crippen LogP contribution is -2.25. The molecule has 0 aliphatic heterocycles. The minimum absolute atomic E-state index is 0.166. The van der Waals surface area contributed by atoms with Gasteiger partial charge in [-0.05, 0) is 30.2 Å². The first-order valence-electron chi connectivity index (χ1n) is 6.37. The van der Waals surface area contributed by atoms with Crippen LogP contribution < -0.4 is 0 Å². The van der Waals surface area contributed by atoms with Crippen LogP contribution in [0.2, 0.25) is 0 Å². The molecule has 2 rings (SSSR count). The van der Waals surface area contributed by atoms with E-state index in [1.54, 1.807) is 24.3 Å². The number of aryl methyl sites for hydroxylation is 1. The Labute approximate surface area is 128 Å². The van der Waals surface area contributed by atoms with Crippen LogP contribution in [0.25, 0.3) is 0 Å². The third-order valence-electron chi connectivity index (χ3n) is 3.22. The van der Waals surface area contributed by atoms with E-state index in [9.17, 15) is 9.59 Å². The van der Waals surface area contributed by atoms with Crippen molar-refractivity contribution in [1.29, 1.82) is 0 Å². The number of hydrogen-bond donors (Lipinski definition) is 1. The van der Waals surface area contributed by atoms with E-state index in [0.717, 1.165) is 5.56 Å². The maximum Gasteiger partial charge on any atom is 0.321 e. The van der Waals surface area contributed by atoms with Gasteiger partial charge < -0.3 is 4.74 Å². The third kappa shape index (κ3) is 3.13. The van der Waals surface area contributed by atoms with E-state index in [1.165, 1.54) is 13.3 Å². The van der Waals surface area contributed by atoms with Crippen LogP contribution in [0.3, 0.4) is 0 Å². The first kappa shape index (κ1) is 15.3. The molecule has 1 aromatic heterocycles. The Hall–Kier alpha value is -2.14. The van der Waals surface area contributed by atoms with E-state index < -0.39 is 17.7 Å². The second-order valence-corrected chi connectivity index (χ2v) is 5.03. The second-order valence-electron chi connectivity index (χ2n) is 4.55. The highest BCUT2D eigenvalue weighted by Gasteiger charge is 2.33. The van der Waals surface area contributed by atoms with Crippen LogP contribution in [-0.4, -0.2) is 23.8 Å². The van der Waals surface area contributed by atoms with Gasteiger partial charge in [0.2, 0.25) is 5.78 Å². The summed E-state index contributed by atoms with van der Waals surface area (Å²) in [6, 6.07) is 10.6. The van der Waals surface area contributed by atoms with E-state index in [0.29, 0.717) is 10.5 Å². The highest BCUT2D eigenvalue weighted by molar-refractivity contribution is 7.80. The summed E-state index contributed by atoms with van der Waals surface area (Å²) in [4.78, 5) is 29.3. The van der Waals surface area contributed by atoms with Crippen molar-refractivity contribution in [1.82, 2.24) is 4.98 Å². The molecule has 0 fully saturated rings. The third-order valence-corrected chi connectivity index (χ3v) is 3.58. The maximum atomic E-state index is 12.7. The number of thiol groups is 1. The molecule has 1 unspecified atom stereocenters. The molecule has 0 saturated heterocycles. The highest BCUT2D eigenvalue weighted by Crippen LogP contribution is 2.26. The summed E-state index contributed by atoms with van der Waals surface area (Å²) < 4.78 is 4.79. The molecule has 5 heteroatoms. The van der Waals surface area contributed by atoms with Gasteiger partial charge in [-0.25, -0.2) is 0 Å². The Morgan fingerprint density at radius 1 is 1.19 bits per heavy atom. The standard InChI is InChI=1S/C16H15NO3S/c1-10-6-3-4-7-11(10)13(16(19)20-2)15(18)14-12(21)8-5-9-17-14/h3-9,13,21H,1-2H3. The topological polar surface area (TPSA) is 56.3 Å². The molecule has 2 aromatic rings. The number of carbonyl (C=O) groups excluding carboxylic acids is 2. The zero-order valence-corrected chi connectivity index (χ0v) is 12.6. The average molecular weight is 301 g/mol. The lowest BCUT2D eigenvalue weighted by molar-refractivity contribution is -0.141. The molecule has 0 spiro atoms. The maximum absolute atomic E-state index is 12.7. The first-order valence-corrected chi connectivity index (χ1v) is 6.82. The Morgan fingerprint density at radius 2 is 1.90 bits per heavy atom. The molecular weight excluding hydrogens is 286 g/mol. The van der Waals surface area contributed by atoms with Crippen LogP contribution in [0.15, 0.2) is 47.5 Å². The largest absolute Gasteiger partial charge is 0.468 e. The quantitative estimate of drug-likeness (QED) is 0.408. The van der Waals surface area contributed by atoms with E-state index in [1.807, 2.05) is 19.1 Å². The summed E-state index contributed by atoms with van der Waals surface area (Å²) in [5.74, 6) is -2.05. The van der Waals surface area contributed by atoms with Crippen LogP contribution in [-0.2, 0) is 9.53 Å². The van der Waals surface area contributed by atoms with Crippen LogP contribution in [0.5, 0.6) is 0 Å². The number of nitrogens with zero attached hydrogens (tertiary/aromatic N) is 1. The summed E-state index contributed by atoms with van der Waals surface area (Å²) in [5.41, 5.74) is 1.63. The predicted molar refractivity (Wildman–Crippen MR) is 81.8 cm³/mol. The zero-order chi connectivity index (χ0) is 15.4. The van der Waals surface area contributed by atoms with E-state index in [-0.39, 0.29) is 5.69 Å². The molecule has 108 valence electrons. The number of ether oxygens (including phenoxy) is 1. The van der Waals surface area contributed by atoms with Gasteiger partial charge in [-0.3, -0.25) is 14.6 Å². The highest BCUT2D eigenvalue weighted by atomic mass is 32.1. The monoisotopic (exact) mass is 301 g/mol. The average Bonchev–Trinajstić information content (AvgIpc) is 2.49. The molecule has 1 aromatic carbocycles. The molecule has 0 amide bonds. The van der Waals surface area contributed by atoms with Gasteiger partial charge in [-0.2, -0.15) is 0 Å². The number of ketones is 1. The van der Waals surface area contributed by atoms with Crippen LogP contribution in [0, 0.1) is 6.92 Å². The molecule has 0 radical (unpaired) electrons. The SMILES string of the molecule is COC(=O)C(C(=O)c1ncccc1S)c1ccccc1C. The predicted octanol–water partition coefficient (Wildman–Crippen LogP) is 2.82. The minimum Gasteiger partial charge on any atom is -0.468 e. The van der Waals surface area contributed by atoms with Crippen molar-refractivity contribution in [3.63, 3.8) is 0 Å². The molecule has 1 heterocycles. The summed E-state index contributed by atoms with van der Waals surface area (Å²) in [6.07, 6.45) is 1.50. The van der Waals surface area contributed by atoms with Gasteiger partial charge >= 0.3 is 5.97 Å². The molecule has 0 saturated carbocycles. The normalized spacial score (nSPS) is 11.8. The summed E-state index contributed by atoms with van der Waals surface area (Å²) in [6.45, 7) is 1.85. The molecule has 4 nitrogen and oxygen atoms in total. The number of methoxy groups -OCH3 is 1. The van der Waals surface area contributed by atoms with E-state index in [2.05, 4.69) is 17.6 Å². The lowest BCUT2D eigenvalue weighted by Gasteiger charge is -2.16. The van der Waals surface area contributed by atoms with Gasteiger partial charge in [0.1, 0.15) is 11.6 Å². The molecule has 0 aliphatic rings. The number of carbonyl (C=O) groups is 2. The fourth-order valence-corrected chi connectivity index (χ4v) is 2.38. The van der Waals surface area contributed by atoms with Crippen molar-refractivity contribution in [2.75, 3.05) is 7.11 Å². The van der Waals surface area contributed by atoms with E-state index in [4.69, 9.17) is 4.74 Å². The zero-order valence-electron chi connectivity index (χ0n) is 11.7. The number of rotatable bonds is 4. The Kier molecular flexibility index (Phi) is 4.75. The lowest BCUT2D eigenvalue weighted by atomic mass is 9.89. The van der Waals surface area contributed by atoms with Gasteiger partial charge in [0.05, 0.1) is 7.11 Å².